The van der Waals surface area contributed by atoms with E-state index in [0.717, 1.165) is 0 Å². The second-order valence-corrected chi connectivity index (χ2v) is 5.42. The first-order valence-electron chi connectivity index (χ1n) is 5.54. The van der Waals surface area contributed by atoms with Crippen molar-refractivity contribution in [2.75, 3.05) is 0 Å². The molecule has 0 saturated carbocycles. The fourth-order valence-electron chi connectivity index (χ4n) is 1.72. The molecule has 0 amide bonds. The number of ketones is 1. The molecular formula is C13H12BrClN2O. The molecule has 0 spiro atoms. The zero-order valence-corrected chi connectivity index (χ0v) is 12.4. The Bertz CT molecular complexity index is 592. The van der Waals surface area contributed by atoms with Crippen molar-refractivity contribution in [2.24, 2.45) is 0 Å². The number of halogens is 2. The zero-order valence-electron chi connectivity index (χ0n) is 10.0. The van der Waals surface area contributed by atoms with Crippen molar-refractivity contribution in [3.63, 3.8) is 0 Å². The van der Waals surface area contributed by atoms with Gasteiger partial charge in [0.1, 0.15) is 5.69 Å². The van der Waals surface area contributed by atoms with Gasteiger partial charge in [-0.15, -0.1) is 0 Å². The Morgan fingerprint density at radius 1 is 1.39 bits per heavy atom. The summed E-state index contributed by atoms with van der Waals surface area (Å²) < 4.78 is 2.41. The first-order chi connectivity index (χ1) is 8.52. The van der Waals surface area contributed by atoms with Crippen LogP contribution in [0.1, 0.15) is 35.9 Å². The van der Waals surface area contributed by atoms with Gasteiger partial charge in [0.05, 0.1) is 5.02 Å². The highest BCUT2D eigenvalue weighted by Crippen LogP contribution is 2.28. The topological polar surface area (TPSA) is 34.9 Å². The van der Waals surface area contributed by atoms with Crippen molar-refractivity contribution in [1.29, 1.82) is 0 Å². The van der Waals surface area contributed by atoms with E-state index in [-0.39, 0.29) is 11.8 Å². The molecule has 0 fully saturated rings. The Kier molecular flexibility index (Phi) is 3.88. The molecule has 0 aliphatic rings. The molecular weight excluding hydrogens is 316 g/mol. The molecule has 1 heterocycles. The molecule has 5 heteroatoms. The average Bonchev–Trinajstić information content (AvgIpc) is 2.81. The summed E-state index contributed by atoms with van der Waals surface area (Å²) in [6, 6.07) is 7.15. The van der Waals surface area contributed by atoms with Crippen LogP contribution in [0.5, 0.6) is 0 Å². The van der Waals surface area contributed by atoms with E-state index < -0.39 is 0 Å². The van der Waals surface area contributed by atoms with E-state index in [1.807, 2.05) is 13.8 Å². The highest BCUT2D eigenvalue weighted by atomic mass is 79.9. The van der Waals surface area contributed by atoms with E-state index in [4.69, 9.17) is 11.6 Å². The number of aromatic nitrogens is 2. The van der Waals surface area contributed by atoms with Crippen LogP contribution in [0.2, 0.25) is 5.02 Å². The Hall–Kier alpha value is -1.13. The van der Waals surface area contributed by atoms with Crippen LogP contribution in [0.4, 0.5) is 0 Å². The Labute approximate surface area is 119 Å². The third-order valence-corrected chi connectivity index (χ3v) is 3.88. The number of carbonyl (C=O) groups excluding carboxylic acids is 1. The van der Waals surface area contributed by atoms with Gasteiger partial charge in [0, 0.05) is 22.3 Å². The Morgan fingerprint density at radius 2 is 2.11 bits per heavy atom. The van der Waals surface area contributed by atoms with Gasteiger partial charge in [-0.25, -0.2) is 0 Å². The number of benzene rings is 1. The van der Waals surface area contributed by atoms with Gasteiger partial charge >= 0.3 is 0 Å². The largest absolute Gasteiger partial charge is 0.287 e. The van der Waals surface area contributed by atoms with Crippen LogP contribution in [0.15, 0.2) is 34.9 Å². The van der Waals surface area contributed by atoms with Crippen LogP contribution < -0.4 is 0 Å². The summed E-state index contributed by atoms with van der Waals surface area (Å²) in [4.78, 5) is 12.4. The summed E-state index contributed by atoms with van der Waals surface area (Å²) in [6.07, 6.45) is 1.62. The van der Waals surface area contributed by atoms with E-state index in [1.54, 1.807) is 35.1 Å². The molecule has 0 N–H and O–H groups in total. The van der Waals surface area contributed by atoms with Gasteiger partial charge in [-0.05, 0) is 48.0 Å². The lowest BCUT2D eigenvalue weighted by Gasteiger charge is -2.11. The smallest absolute Gasteiger partial charge is 0.212 e. The van der Waals surface area contributed by atoms with E-state index >= 15 is 0 Å². The molecule has 0 radical (unpaired) electrons. The molecule has 1 aromatic carbocycles. The first-order valence-corrected chi connectivity index (χ1v) is 6.71. The molecule has 0 atom stereocenters. The summed E-state index contributed by atoms with van der Waals surface area (Å²) in [7, 11) is 0. The van der Waals surface area contributed by atoms with Gasteiger partial charge in [0.15, 0.2) is 0 Å². The molecule has 0 aliphatic carbocycles. The fraction of sp³-hybridized carbons (Fsp3) is 0.231. The predicted octanol–water partition coefficient (Wildman–Crippen LogP) is 4.11. The first kappa shape index (κ1) is 13.3. The second kappa shape index (κ2) is 5.24. The summed E-state index contributed by atoms with van der Waals surface area (Å²) in [6.45, 7) is 3.96. The van der Waals surface area contributed by atoms with Gasteiger partial charge in [-0.2, -0.15) is 5.10 Å². The normalized spacial score (nSPS) is 10.9. The SMILES string of the molecule is CC(C)n1nccc1C(=O)c1cccc(Br)c1Cl. The average molecular weight is 328 g/mol. The minimum atomic E-state index is -0.118. The summed E-state index contributed by atoms with van der Waals surface area (Å²) in [5.74, 6) is -0.118. The third kappa shape index (κ3) is 2.35. The van der Waals surface area contributed by atoms with E-state index in [2.05, 4.69) is 21.0 Å². The predicted molar refractivity (Wildman–Crippen MR) is 75.2 cm³/mol. The molecule has 1 aromatic heterocycles. The summed E-state index contributed by atoms with van der Waals surface area (Å²) >= 11 is 9.46. The fourth-order valence-corrected chi connectivity index (χ4v) is 2.30. The van der Waals surface area contributed by atoms with Crippen molar-refractivity contribution in [1.82, 2.24) is 9.78 Å². The minimum Gasteiger partial charge on any atom is -0.287 e. The zero-order chi connectivity index (χ0) is 13.3. The van der Waals surface area contributed by atoms with Gasteiger partial charge in [-0.3, -0.25) is 9.48 Å². The molecule has 0 saturated heterocycles. The Balaban J connectivity index is 2.49. The van der Waals surface area contributed by atoms with Gasteiger partial charge in [0.2, 0.25) is 5.78 Å². The van der Waals surface area contributed by atoms with Crippen molar-refractivity contribution in [3.05, 3.63) is 51.2 Å². The molecule has 2 aromatic rings. The van der Waals surface area contributed by atoms with Crippen molar-refractivity contribution < 1.29 is 4.79 Å². The van der Waals surface area contributed by atoms with Crippen LogP contribution in [0.25, 0.3) is 0 Å². The molecule has 0 unspecified atom stereocenters. The highest BCUT2D eigenvalue weighted by molar-refractivity contribution is 9.10. The minimum absolute atomic E-state index is 0.118. The lowest BCUT2D eigenvalue weighted by molar-refractivity contribution is 0.102. The van der Waals surface area contributed by atoms with Gasteiger partial charge in [-0.1, -0.05) is 17.7 Å². The number of carbonyl (C=O) groups is 1. The van der Waals surface area contributed by atoms with Crippen LogP contribution >= 0.6 is 27.5 Å². The number of rotatable bonds is 3. The molecule has 3 nitrogen and oxygen atoms in total. The quantitative estimate of drug-likeness (QED) is 0.795. The second-order valence-electron chi connectivity index (χ2n) is 4.19. The maximum absolute atomic E-state index is 12.4. The van der Waals surface area contributed by atoms with Crippen LogP contribution in [0, 0.1) is 0 Å². The van der Waals surface area contributed by atoms with Crippen molar-refractivity contribution in [3.8, 4) is 0 Å². The van der Waals surface area contributed by atoms with Crippen molar-refractivity contribution >= 4 is 33.3 Å². The summed E-state index contributed by atoms with van der Waals surface area (Å²) in [5, 5.41) is 4.59. The lowest BCUT2D eigenvalue weighted by atomic mass is 10.1. The lowest BCUT2D eigenvalue weighted by Crippen LogP contribution is -2.13. The maximum atomic E-state index is 12.4. The Morgan fingerprint density at radius 3 is 2.78 bits per heavy atom. The van der Waals surface area contributed by atoms with E-state index in [9.17, 15) is 4.79 Å². The van der Waals surface area contributed by atoms with Gasteiger partial charge in [0.25, 0.3) is 0 Å². The number of hydrogen-bond acceptors (Lipinski definition) is 2. The highest BCUT2D eigenvalue weighted by Gasteiger charge is 2.19. The number of nitrogens with zero attached hydrogens (tertiary/aromatic N) is 2. The standard InChI is InChI=1S/C13H12BrClN2O/c1-8(2)17-11(6-7-16-17)13(18)9-4-3-5-10(14)12(9)15/h3-8H,1-2H3. The molecule has 0 aliphatic heterocycles. The maximum Gasteiger partial charge on any atom is 0.212 e. The molecule has 18 heavy (non-hydrogen) atoms. The molecule has 0 bridgehead atoms. The summed E-state index contributed by atoms with van der Waals surface area (Å²) in [5.41, 5.74) is 1.03. The van der Waals surface area contributed by atoms with E-state index in [0.29, 0.717) is 20.8 Å². The van der Waals surface area contributed by atoms with Crippen LogP contribution in [0.3, 0.4) is 0 Å². The van der Waals surface area contributed by atoms with Gasteiger partial charge < -0.3 is 0 Å². The third-order valence-electron chi connectivity index (χ3n) is 2.59. The monoisotopic (exact) mass is 326 g/mol. The van der Waals surface area contributed by atoms with Crippen molar-refractivity contribution in [2.45, 2.75) is 19.9 Å². The van der Waals surface area contributed by atoms with Crippen LogP contribution in [-0.2, 0) is 0 Å². The molecule has 94 valence electrons. The van der Waals surface area contributed by atoms with E-state index in [1.165, 1.54) is 0 Å². The number of hydrogen-bond donors (Lipinski definition) is 0. The van der Waals surface area contributed by atoms with Crippen LogP contribution in [-0.4, -0.2) is 15.6 Å². The molecule has 2 rings (SSSR count).